The van der Waals surface area contributed by atoms with Gasteiger partial charge in [0.25, 0.3) is 5.78 Å². The molecule has 0 radical (unpaired) electrons. The second-order valence-corrected chi connectivity index (χ2v) is 9.36. The lowest BCUT2D eigenvalue weighted by atomic mass is 9.94. The average molecular weight is 526 g/mol. The Hall–Kier alpha value is -4.79. The first kappa shape index (κ1) is 24.5. The molecular formula is C30H27N3O6. The third kappa shape index (κ3) is 4.16. The number of hydrogen-bond acceptors (Lipinski definition) is 7. The van der Waals surface area contributed by atoms with Crippen LogP contribution in [-0.2, 0) is 16.0 Å². The Balaban J connectivity index is 1.55. The molecule has 1 aromatic heterocycles. The Labute approximate surface area is 224 Å². The van der Waals surface area contributed by atoms with Gasteiger partial charge in [-0.25, -0.2) is 4.98 Å². The number of methoxy groups -OCH3 is 1. The monoisotopic (exact) mass is 525 g/mol. The second-order valence-electron chi connectivity index (χ2n) is 9.36. The molecule has 1 atom stereocenters. The largest absolute Gasteiger partial charge is 0.507 e. The Kier molecular flexibility index (Phi) is 6.18. The first-order valence-corrected chi connectivity index (χ1v) is 12.8. The van der Waals surface area contributed by atoms with Crippen LogP contribution in [0.15, 0.2) is 66.2 Å². The quantitative estimate of drug-likeness (QED) is 0.209. The van der Waals surface area contributed by atoms with E-state index in [0.29, 0.717) is 46.9 Å². The van der Waals surface area contributed by atoms with Crippen LogP contribution in [0.25, 0.3) is 16.8 Å². The van der Waals surface area contributed by atoms with Crippen molar-refractivity contribution in [3.05, 3.63) is 82.9 Å². The SMILES string of the molecule is CCOc1cc(C2/C(=C(\O)c3ccc4c(c3)CCCO4)C(=O)C(=O)N2c2nc3ccccc3[nH]2)ccc1OC. The van der Waals surface area contributed by atoms with E-state index in [9.17, 15) is 14.7 Å². The van der Waals surface area contributed by atoms with Gasteiger partial charge in [0.1, 0.15) is 11.5 Å². The number of benzene rings is 3. The van der Waals surface area contributed by atoms with Gasteiger partial charge in [-0.2, -0.15) is 0 Å². The number of hydrogen-bond donors (Lipinski definition) is 2. The molecule has 3 heterocycles. The number of nitrogens with one attached hydrogen (secondary N) is 1. The number of para-hydroxylation sites is 2. The lowest BCUT2D eigenvalue weighted by molar-refractivity contribution is -0.132. The van der Waals surface area contributed by atoms with E-state index in [-0.39, 0.29) is 17.3 Å². The highest BCUT2D eigenvalue weighted by Crippen LogP contribution is 2.44. The van der Waals surface area contributed by atoms with E-state index in [2.05, 4.69) is 9.97 Å². The zero-order valence-corrected chi connectivity index (χ0v) is 21.6. The van der Waals surface area contributed by atoms with Crippen molar-refractivity contribution in [2.75, 3.05) is 25.2 Å². The number of amides is 1. The molecule has 2 aliphatic heterocycles. The molecular weight excluding hydrogens is 498 g/mol. The molecule has 0 aliphatic carbocycles. The summed E-state index contributed by atoms with van der Waals surface area (Å²) in [6, 6.07) is 16.9. The van der Waals surface area contributed by atoms with E-state index in [1.54, 1.807) is 30.3 Å². The third-order valence-corrected chi connectivity index (χ3v) is 7.03. The van der Waals surface area contributed by atoms with E-state index < -0.39 is 17.7 Å². The molecule has 2 N–H and O–H groups in total. The Morgan fingerprint density at radius 2 is 1.97 bits per heavy atom. The zero-order valence-electron chi connectivity index (χ0n) is 21.6. The third-order valence-electron chi connectivity index (χ3n) is 7.03. The van der Waals surface area contributed by atoms with E-state index in [0.717, 1.165) is 24.2 Å². The van der Waals surface area contributed by atoms with Gasteiger partial charge >= 0.3 is 5.91 Å². The van der Waals surface area contributed by atoms with E-state index >= 15 is 0 Å². The zero-order chi connectivity index (χ0) is 27.1. The maximum atomic E-state index is 13.6. The van der Waals surface area contributed by atoms with Crippen molar-refractivity contribution >= 4 is 34.4 Å². The molecule has 9 heteroatoms. The van der Waals surface area contributed by atoms with E-state index in [4.69, 9.17) is 14.2 Å². The molecule has 1 unspecified atom stereocenters. The summed E-state index contributed by atoms with van der Waals surface area (Å²) in [4.78, 5) is 36.2. The molecule has 9 nitrogen and oxygen atoms in total. The number of rotatable bonds is 6. The number of aromatic nitrogens is 2. The molecule has 198 valence electrons. The van der Waals surface area contributed by atoms with Crippen LogP contribution < -0.4 is 19.1 Å². The van der Waals surface area contributed by atoms with Crippen molar-refractivity contribution in [2.24, 2.45) is 0 Å². The smallest absolute Gasteiger partial charge is 0.302 e. The lowest BCUT2D eigenvalue weighted by Crippen LogP contribution is -2.30. The summed E-state index contributed by atoms with van der Waals surface area (Å²) in [5.74, 6) is 0.0636. The number of anilines is 1. The summed E-state index contributed by atoms with van der Waals surface area (Å²) in [6.07, 6.45) is 1.66. The summed E-state index contributed by atoms with van der Waals surface area (Å²) in [7, 11) is 1.54. The van der Waals surface area contributed by atoms with Crippen molar-refractivity contribution < 1.29 is 28.9 Å². The normalized spacial score (nSPS) is 18.2. The number of imidazole rings is 1. The highest BCUT2D eigenvalue weighted by molar-refractivity contribution is 6.51. The minimum absolute atomic E-state index is 0.0373. The Morgan fingerprint density at radius 1 is 1.13 bits per heavy atom. The number of carbonyl (C=O) groups excluding carboxylic acids is 2. The molecule has 6 rings (SSSR count). The van der Waals surface area contributed by atoms with Crippen LogP contribution in [-0.4, -0.2) is 47.1 Å². The number of aromatic amines is 1. The Morgan fingerprint density at radius 3 is 2.77 bits per heavy atom. The molecule has 0 bridgehead atoms. The minimum atomic E-state index is -0.969. The van der Waals surface area contributed by atoms with Crippen molar-refractivity contribution in [3.63, 3.8) is 0 Å². The van der Waals surface area contributed by atoms with Gasteiger partial charge in [-0.05, 0) is 73.4 Å². The standard InChI is InChI=1S/C30H27N3O6/c1-3-38-24-16-18(10-13-23(24)37-2)26-25(27(34)19-11-12-22-17(15-19)7-6-14-39-22)28(35)29(36)33(26)30-31-20-8-4-5-9-21(20)32-30/h4-5,8-13,15-16,26,34H,3,6-7,14H2,1-2H3,(H,31,32)/b27-25+. The van der Waals surface area contributed by atoms with Crippen molar-refractivity contribution in [1.29, 1.82) is 0 Å². The number of nitrogens with zero attached hydrogens (tertiary/aromatic N) is 2. The van der Waals surface area contributed by atoms with Gasteiger partial charge in [-0.1, -0.05) is 18.2 Å². The number of aryl methyl sites for hydroxylation is 1. The number of carbonyl (C=O) groups is 2. The number of aliphatic hydroxyl groups excluding tert-OH is 1. The van der Waals surface area contributed by atoms with Gasteiger partial charge in [0.05, 0.1) is 43.0 Å². The first-order valence-electron chi connectivity index (χ1n) is 12.8. The topological polar surface area (TPSA) is 114 Å². The summed E-state index contributed by atoms with van der Waals surface area (Å²) >= 11 is 0. The van der Waals surface area contributed by atoms with Gasteiger partial charge in [-0.15, -0.1) is 0 Å². The highest BCUT2D eigenvalue weighted by Gasteiger charge is 2.48. The van der Waals surface area contributed by atoms with Crippen LogP contribution in [0, 0.1) is 0 Å². The predicted molar refractivity (Wildman–Crippen MR) is 145 cm³/mol. The van der Waals surface area contributed by atoms with Crippen LogP contribution >= 0.6 is 0 Å². The molecule has 1 saturated heterocycles. The number of ether oxygens (including phenoxy) is 3. The number of Topliss-reactive ketones (excluding diaryl/α,β-unsaturated/α-hetero) is 1. The van der Waals surface area contributed by atoms with Gasteiger partial charge in [0.15, 0.2) is 11.5 Å². The fourth-order valence-electron chi connectivity index (χ4n) is 5.21. The fourth-order valence-corrected chi connectivity index (χ4v) is 5.21. The van der Waals surface area contributed by atoms with Crippen LogP contribution in [0.2, 0.25) is 0 Å². The van der Waals surface area contributed by atoms with Gasteiger partial charge in [0, 0.05) is 5.56 Å². The summed E-state index contributed by atoms with van der Waals surface area (Å²) < 4.78 is 16.9. The van der Waals surface area contributed by atoms with Crippen LogP contribution in [0.3, 0.4) is 0 Å². The van der Waals surface area contributed by atoms with Crippen LogP contribution in [0.5, 0.6) is 17.2 Å². The van der Waals surface area contributed by atoms with Crippen molar-refractivity contribution in [1.82, 2.24) is 9.97 Å². The highest BCUT2D eigenvalue weighted by atomic mass is 16.5. The van der Waals surface area contributed by atoms with Crippen molar-refractivity contribution in [3.8, 4) is 17.2 Å². The molecule has 4 aromatic rings. The van der Waals surface area contributed by atoms with E-state index in [1.807, 2.05) is 37.3 Å². The number of fused-ring (bicyclic) bond motifs is 2. The van der Waals surface area contributed by atoms with E-state index in [1.165, 1.54) is 12.0 Å². The number of ketones is 1. The fraction of sp³-hybridized carbons (Fsp3) is 0.233. The predicted octanol–water partition coefficient (Wildman–Crippen LogP) is 4.92. The van der Waals surface area contributed by atoms with Crippen LogP contribution in [0.4, 0.5) is 5.95 Å². The Bertz CT molecular complexity index is 1610. The molecule has 3 aromatic carbocycles. The molecule has 2 aliphatic rings. The molecule has 1 fully saturated rings. The lowest BCUT2D eigenvalue weighted by Gasteiger charge is -2.24. The molecule has 1 amide bonds. The maximum Gasteiger partial charge on any atom is 0.302 e. The van der Waals surface area contributed by atoms with Crippen LogP contribution in [0.1, 0.15) is 36.1 Å². The average Bonchev–Trinajstić information content (AvgIpc) is 3.50. The minimum Gasteiger partial charge on any atom is -0.507 e. The second kappa shape index (κ2) is 9.83. The summed E-state index contributed by atoms with van der Waals surface area (Å²) in [5.41, 5.74) is 3.26. The van der Waals surface area contributed by atoms with Gasteiger partial charge in [0.2, 0.25) is 5.95 Å². The number of H-pyrrole nitrogens is 1. The van der Waals surface area contributed by atoms with Gasteiger partial charge in [-0.3, -0.25) is 14.5 Å². The summed E-state index contributed by atoms with van der Waals surface area (Å²) in [5, 5.41) is 11.6. The van der Waals surface area contributed by atoms with Crippen molar-refractivity contribution in [2.45, 2.75) is 25.8 Å². The summed E-state index contributed by atoms with van der Waals surface area (Å²) in [6.45, 7) is 2.88. The molecule has 0 spiro atoms. The van der Waals surface area contributed by atoms with Gasteiger partial charge < -0.3 is 24.3 Å². The maximum absolute atomic E-state index is 13.6. The first-order chi connectivity index (χ1) is 19.0. The number of aliphatic hydroxyl groups is 1. The molecule has 39 heavy (non-hydrogen) atoms. The molecule has 0 saturated carbocycles.